The molecular weight excluding hydrogens is 178 g/mol. The molecule has 2 saturated carbocycles. The van der Waals surface area contributed by atoms with E-state index in [1.54, 1.807) is 0 Å². The van der Waals surface area contributed by atoms with Crippen LogP contribution in [-0.2, 0) is 4.79 Å². The summed E-state index contributed by atoms with van der Waals surface area (Å²) >= 11 is 0. The Hall–Kier alpha value is -0.570. The number of carboxylic acid groups (broad SMARTS) is 1. The predicted molar refractivity (Wildman–Crippen MR) is 53.7 cm³/mol. The molecule has 3 N–H and O–H groups in total. The minimum Gasteiger partial charge on any atom is -0.481 e. The van der Waals surface area contributed by atoms with Crippen LogP contribution in [-0.4, -0.2) is 17.6 Å². The molecule has 0 bridgehead atoms. The molecule has 2 aliphatic carbocycles. The molecule has 0 aromatic carbocycles. The van der Waals surface area contributed by atoms with Gasteiger partial charge in [0.05, 0.1) is 6.42 Å². The van der Waals surface area contributed by atoms with E-state index in [9.17, 15) is 4.79 Å². The quantitative estimate of drug-likeness (QED) is 0.720. The number of hydrogen-bond acceptors (Lipinski definition) is 2. The Balaban J connectivity index is 2.18. The van der Waals surface area contributed by atoms with E-state index in [0.29, 0.717) is 17.9 Å². The van der Waals surface area contributed by atoms with Gasteiger partial charge in [-0.1, -0.05) is 13.8 Å². The monoisotopic (exact) mass is 197 g/mol. The van der Waals surface area contributed by atoms with Gasteiger partial charge in [0, 0.05) is 0 Å². The topological polar surface area (TPSA) is 63.3 Å². The van der Waals surface area contributed by atoms with Gasteiger partial charge in [0.15, 0.2) is 0 Å². The van der Waals surface area contributed by atoms with Gasteiger partial charge in [0.25, 0.3) is 0 Å². The van der Waals surface area contributed by atoms with Crippen LogP contribution in [0.5, 0.6) is 0 Å². The molecule has 3 atom stereocenters. The van der Waals surface area contributed by atoms with E-state index in [4.69, 9.17) is 10.8 Å². The summed E-state index contributed by atoms with van der Waals surface area (Å²) in [6.45, 7) is 5.02. The van der Waals surface area contributed by atoms with Crippen molar-refractivity contribution in [2.24, 2.45) is 28.4 Å². The highest BCUT2D eigenvalue weighted by molar-refractivity contribution is 5.68. The summed E-state index contributed by atoms with van der Waals surface area (Å²) in [6, 6.07) is 0. The molecular formula is C11H19NO2. The van der Waals surface area contributed by atoms with Crippen molar-refractivity contribution in [3.8, 4) is 0 Å². The van der Waals surface area contributed by atoms with Gasteiger partial charge in [-0.05, 0) is 42.1 Å². The molecule has 14 heavy (non-hydrogen) atoms. The molecule has 0 amide bonds. The molecule has 0 aromatic heterocycles. The number of rotatable bonds is 3. The smallest absolute Gasteiger partial charge is 0.303 e. The number of carboxylic acids is 1. The lowest BCUT2D eigenvalue weighted by Crippen LogP contribution is -2.35. The van der Waals surface area contributed by atoms with Crippen molar-refractivity contribution >= 4 is 5.97 Å². The highest BCUT2D eigenvalue weighted by atomic mass is 16.4. The van der Waals surface area contributed by atoms with Crippen LogP contribution in [0.25, 0.3) is 0 Å². The second kappa shape index (κ2) is 2.72. The van der Waals surface area contributed by atoms with Crippen LogP contribution in [0.1, 0.15) is 33.1 Å². The Morgan fingerprint density at radius 1 is 1.57 bits per heavy atom. The molecule has 0 saturated heterocycles. The Morgan fingerprint density at radius 3 is 2.57 bits per heavy atom. The zero-order valence-corrected chi connectivity index (χ0v) is 8.92. The first-order chi connectivity index (χ1) is 6.44. The molecule has 0 heterocycles. The zero-order chi connectivity index (χ0) is 10.6. The zero-order valence-electron chi connectivity index (χ0n) is 8.92. The molecule has 0 aliphatic heterocycles. The maximum atomic E-state index is 10.8. The van der Waals surface area contributed by atoms with Crippen LogP contribution in [0.3, 0.4) is 0 Å². The number of fused-ring (bicyclic) bond motifs is 1. The maximum Gasteiger partial charge on any atom is 0.303 e. The van der Waals surface area contributed by atoms with Crippen molar-refractivity contribution < 1.29 is 9.90 Å². The number of hydrogen-bond donors (Lipinski definition) is 2. The lowest BCUT2D eigenvalue weighted by Gasteiger charge is -2.31. The standard InChI is InChI=1S/C11H19NO2/c1-10(2)7-3-4-11(6-12,9(7)10)5-8(13)14/h7,9H,3-6,12H2,1-2H3,(H,13,14)/t7-,9-,11+/m1/s1. The third kappa shape index (κ3) is 1.11. The number of aliphatic carboxylic acids is 1. The first-order valence-electron chi connectivity index (χ1n) is 5.36. The highest BCUT2D eigenvalue weighted by Gasteiger charge is 2.69. The minimum atomic E-state index is -0.696. The number of nitrogens with two attached hydrogens (primary N) is 1. The molecule has 80 valence electrons. The maximum absolute atomic E-state index is 10.8. The van der Waals surface area contributed by atoms with E-state index in [1.807, 2.05) is 0 Å². The third-order valence-corrected chi connectivity index (χ3v) is 4.57. The van der Waals surface area contributed by atoms with Gasteiger partial charge in [0.1, 0.15) is 0 Å². The lowest BCUT2D eigenvalue weighted by atomic mass is 9.75. The summed E-state index contributed by atoms with van der Waals surface area (Å²) in [7, 11) is 0. The molecule has 0 radical (unpaired) electrons. The molecule has 3 heteroatoms. The Morgan fingerprint density at radius 2 is 2.21 bits per heavy atom. The number of carbonyl (C=O) groups is 1. The summed E-state index contributed by atoms with van der Waals surface area (Å²) in [6.07, 6.45) is 2.44. The molecule has 2 fully saturated rings. The van der Waals surface area contributed by atoms with Gasteiger partial charge in [-0.25, -0.2) is 0 Å². The second-order valence-electron chi connectivity index (χ2n) is 5.58. The summed E-state index contributed by atoms with van der Waals surface area (Å²) in [5.74, 6) is 0.584. The minimum absolute atomic E-state index is 0.0972. The van der Waals surface area contributed by atoms with Crippen LogP contribution >= 0.6 is 0 Å². The largest absolute Gasteiger partial charge is 0.481 e. The van der Waals surface area contributed by atoms with Gasteiger partial charge in [0.2, 0.25) is 0 Å². The van der Waals surface area contributed by atoms with Crippen molar-refractivity contribution in [3.05, 3.63) is 0 Å². The van der Waals surface area contributed by atoms with Crippen molar-refractivity contribution in [2.45, 2.75) is 33.1 Å². The van der Waals surface area contributed by atoms with E-state index in [-0.39, 0.29) is 11.8 Å². The van der Waals surface area contributed by atoms with Crippen LogP contribution in [0.2, 0.25) is 0 Å². The first kappa shape index (κ1) is 9.97. The van der Waals surface area contributed by atoms with Gasteiger partial charge < -0.3 is 10.8 Å². The van der Waals surface area contributed by atoms with Crippen LogP contribution in [0.15, 0.2) is 0 Å². The van der Waals surface area contributed by atoms with E-state index >= 15 is 0 Å². The van der Waals surface area contributed by atoms with Crippen LogP contribution < -0.4 is 5.73 Å². The lowest BCUT2D eigenvalue weighted by molar-refractivity contribution is -0.140. The second-order valence-corrected chi connectivity index (χ2v) is 5.58. The molecule has 0 spiro atoms. The molecule has 0 unspecified atom stereocenters. The molecule has 0 aromatic rings. The Bertz CT molecular complexity index is 274. The first-order valence-corrected chi connectivity index (χ1v) is 5.36. The van der Waals surface area contributed by atoms with Crippen LogP contribution in [0, 0.1) is 22.7 Å². The highest BCUT2D eigenvalue weighted by Crippen LogP contribution is 2.74. The fourth-order valence-corrected chi connectivity index (χ4v) is 3.90. The molecule has 2 rings (SSSR count). The van der Waals surface area contributed by atoms with E-state index in [1.165, 1.54) is 6.42 Å². The van der Waals surface area contributed by atoms with Gasteiger partial charge >= 0.3 is 5.97 Å². The van der Waals surface area contributed by atoms with Gasteiger partial charge in [-0.2, -0.15) is 0 Å². The Kier molecular flexibility index (Phi) is 1.94. The average molecular weight is 197 g/mol. The van der Waals surface area contributed by atoms with Crippen molar-refractivity contribution in [3.63, 3.8) is 0 Å². The molecule has 3 nitrogen and oxygen atoms in total. The van der Waals surface area contributed by atoms with E-state index in [2.05, 4.69) is 13.8 Å². The normalized spacial score (nSPS) is 43.4. The fourth-order valence-electron chi connectivity index (χ4n) is 3.90. The van der Waals surface area contributed by atoms with Crippen molar-refractivity contribution in [2.75, 3.05) is 6.54 Å². The third-order valence-electron chi connectivity index (χ3n) is 4.57. The van der Waals surface area contributed by atoms with Gasteiger partial charge in [-0.15, -0.1) is 0 Å². The predicted octanol–water partition coefficient (Wildman–Crippen LogP) is 1.47. The fraction of sp³-hybridized carbons (Fsp3) is 0.909. The van der Waals surface area contributed by atoms with Crippen molar-refractivity contribution in [1.82, 2.24) is 0 Å². The van der Waals surface area contributed by atoms with E-state index in [0.717, 1.165) is 12.3 Å². The SMILES string of the molecule is CC1(C)[C@@H]2CC[C@@](CN)(CC(=O)O)[C@H]21. The summed E-state index contributed by atoms with van der Waals surface area (Å²) in [5, 5.41) is 8.92. The summed E-state index contributed by atoms with van der Waals surface area (Å²) < 4.78 is 0. The van der Waals surface area contributed by atoms with E-state index < -0.39 is 5.97 Å². The Labute approximate surface area is 84.7 Å². The van der Waals surface area contributed by atoms with Crippen LogP contribution in [0.4, 0.5) is 0 Å². The molecule has 2 aliphatic rings. The summed E-state index contributed by atoms with van der Waals surface area (Å²) in [5.41, 5.74) is 6.04. The average Bonchev–Trinajstić information content (AvgIpc) is 2.48. The summed E-state index contributed by atoms with van der Waals surface area (Å²) in [4.78, 5) is 10.8. The van der Waals surface area contributed by atoms with Gasteiger partial charge in [-0.3, -0.25) is 4.79 Å². The van der Waals surface area contributed by atoms with Crippen molar-refractivity contribution in [1.29, 1.82) is 0 Å².